The Labute approximate surface area is 146 Å². The molecule has 2 aromatic rings. The van der Waals surface area contributed by atoms with Crippen molar-refractivity contribution in [2.24, 2.45) is 0 Å². The van der Waals surface area contributed by atoms with Gasteiger partial charge in [0.2, 0.25) is 10.0 Å². The van der Waals surface area contributed by atoms with Gasteiger partial charge in [-0.2, -0.15) is 0 Å². The summed E-state index contributed by atoms with van der Waals surface area (Å²) in [4.78, 5) is 12.1. The molecule has 0 heterocycles. The first-order valence-electron chi connectivity index (χ1n) is 7.60. The van der Waals surface area contributed by atoms with E-state index in [2.05, 4.69) is 10.0 Å². The average molecular weight is 365 g/mol. The van der Waals surface area contributed by atoms with Crippen molar-refractivity contribution in [3.63, 3.8) is 0 Å². The van der Waals surface area contributed by atoms with Crippen LogP contribution in [0.15, 0.2) is 53.4 Å². The maximum atomic E-state index is 12.4. The predicted octanol–water partition coefficient (Wildman–Crippen LogP) is 2.71. The molecule has 24 heavy (non-hydrogen) atoms. The molecule has 1 aliphatic rings. The van der Waals surface area contributed by atoms with Crippen LogP contribution in [0.1, 0.15) is 28.8 Å². The van der Waals surface area contributed by atoms with Crippen LogP contribution in [0.2, 0.25) is 5.02 Å². The lowest BCUT2D eigenvalue weighted by molar-refractivity contribution is 0.0951. The van der Waals surface area contributed by atoms with Crippen LogP contribution in [0.4, 0.5) is 0 Å². The minimum atomic E-state index is -3.73. The summed E-state index contributed by atoms with van der Waals surface area (Å²) in [5, 5.41) is 3.34. The molecule has 0 bridgehead atoms. The van der Waals surface area contributed by atoms with Gasteiger partial charge in [0.25, 0.3) is 5.91 Å². The lowest BCUT2D eigenvalue weighted by Gasteiger charge is -2.09. The third kappa shape index (κ3) is 4.14. The molecule has 1 saturated carbocycles. The summed E-state index contributed by atoms with van der Waals surface area (Å²) < 4.78 is 27.4. The number of hydrogen-bond acceptors (Lipinski definition) is 3. The maximum Gasteiger partial charge on any atom is 0.251 e. The first kappa shape index (κ1) is 17.0. The van der Waals surface area contributed by atoms with Crippen LogP contribution in [-0.2, 0) is 16.6 Å². The van der Waals surface area contributed by atoms with E-state index in [1.165, 1.54) is 12.1 Å². The summed E-state index contributed by atoms with van der Waals surface area (Å²) in [5.74, 6) is -0.249. The average Bonchev–Trinajstić information content (AvgIpc) is 3.38. The van der Waals surface area contributed by atoms with E-state index in [0.717, 1.165) is 12.8 Å². The summed E-state index contributed by atoms with van der Waals surface area (Å²) in [6, 6.07) is 13.3. The van der Waals surface area contributed by atoms with Gasteiger partial charge in [-0.1, -0.05) is 35.9 Å². The van der Waals surface area contributed by atoms with Crippen molar-refractivity contribution < 1.29 is 13.2 Å². The minimum absolute atomic E-state index is 0.0537. The zero-order chi connectivity index (χ0) is 17.2. The summed E-state index contributed by atoms with van der Waals surface area (Å²) in [7, 11) is -3.73. The normalized spacial score (nSPS) is 14.4. The molecule has 1 fully saturated rings. The number of benzene rings is 2. The fraction of sp³-hybridized carbons (Fsp3) is 0.235. The molecule has 0 radical (unpaired) electrons. The summed E-state index contributed by atoms with van der Waals surface area (Å²) in [6.45, 7) is 0.0838. The first-order valence-corrected chi connectivity index (χ1v) is 9.46. The molecule has 0 spiro atoms. The van der Waals surface area contributed by atoms with E-state index in [-0.39, 0.29) is 23.4 Å². The SMILES string of the molecule is O=C(NC1CC1)c1cccc(S(=O)(=O)NCc2ccccc2Cl)c1. The molecule has 0 aliphatic heterocycles. The van der Waals surface area contributed by atoms with E-state index in [0.29, 0.717) is 16.1 Å². The molecule has 5 nitrogen and oxygen atoms in total. The Kier molecular flexibility index (Phi) is 4.89. The Morgan fingerprint density at radius 3 is 2.58 bits per heavy atom. The van der Waals surface area contributed by atoms with Crippen molar-refractivity contribution in [3.8, 4) is 0 Å². The molecule has 0 atom stereocenters. The Morgan fingerprint density at radius 1 is 1.12 bits per heavy atom. The van der Waals surface area contributed by atoms with Gasteiger partial charge >= 0.3 is 0 Å². The highest BCUT2D eigenvalue weighted by Crippen LogP contribution is 2.20. The molecule has 3 rings (SSSR count). The van der Waals surface area contributed by atoms with Gasteiger partial charge in [-0.15, -0.1) is 0 Å². The van der Waals surface area contributed by atoms with E-state index in [4.69, 9.17) is 11.6 Å². The number of sulfonamides is 1. The Bertz CT molecular complexity index is 864. The summed E-state index contributed by atoms with van der Waals surface area (Å²) in [5.41, 5.74) is 1.02. The van der Waals surface area contributed by atoms with Gasteiger partial charge in [0.1, 0.15) is 0 Å². The lowest BCUT2D eigenvalue weighted by Crippen LogP contribution is -2.26. The van der Waals surface area contributed by atoms with Gasteiger partial charge in [0, 0.05) is 23.2 Å². The van der Waals surface area contributed by atoms with Crippen LogP contribution in [-0.4, -0.2) is 20.4 Å². The van der Waals surface area contributed by atoms with Crippen molar-refractivity contribution in [3.05, 3.63) is 64.7 Å². The molecular formula is C17H17ClN2O3S. The van der Waals surface area contributed by atoms with E-state index in [1.807, 2.05) is 0 Å². The molecule has 1 amide bonds. The monoisotopic (exact) mass is 364 g/mol. The lowest BCUT2D eigenvalue weighted by atomic mass is 10.2. The predicted molar refractivity (Wildman–Crippen MR) is 92.4 cm³/mol. The molecule has 0 aromatic heterocycles. The van der Waals surface area contributed by atoms with E-state index in [9.17, 15) is 13.2 Å². The first-order chi connectivity index (χ1) is 11.5. The van der Waals surface area contributed by atoms with Crippen LogP contribution < -0.4 is 10.0 Å². The van der Waals surface area contributed by atoms with Crippen molar-refractivity contribution >= 4 is 27.5 Å². The second-order valence-corrected chi connectivity index (χ2v) is 7.87. The Hall–Kier alpha value is -1.89. The number of halogens is 1. The summed E-state index contributed by atoms with van der Waals surface area (Å²) >= 11 is 6.03. The van der Waals surface area contributed by atoms with Gasteiger partial charge in [-0.3, -0.25) is 4.79 Å². The van der Waals surface area contributed by atoms with Gasteiger partial charge in [0.05, 0.1) is 4.90 Å². The molecule has 2 N–H and O–H groups in total. The topological polar surface area (TPSA) is 75.3 Å². The molecule has 0 unspecified atom stereocenters. The largest absolute Gasteiger partial charge is 0.349 e. The molecule has 2 aromatic carbocycles. The van der Waals surface area contributed by atoms with E-state index >= 15 is 0 Å². The van der Waals surface area contributed by atoms with Crippen molar-refractivity contribution in [1.29, 1.82) is 0 Å². The highest BCUT2D eigenvalue weighted by atomic mass is 35.5. The van der Waals surface area contributed by atoms with Crippen LogP contribution in [0, 0.1) is 0 Å². The fourth-order valence-electron chi connectivity index (χ4n) is 2.20. The van der Waals surface area contributed by atoms with Crippen molar-refractivity contribution in [2.45, 2.75) is 30.3 Å². The number of hydrogen-bond donors (Lipinski definition) is 2. The second-order valence-electron chi connectivity index (χ2n) is 5.69. The number of nitrogens with one attached hydrogen (secondary N) is 2. The number of rotatable bonds is 6. The highest BCUT2D eigenvalue weighted by Gasteiger charge is 2.24. The Balaban J connectivity index is 1.74. The zero-order valence-electron chi connectivity index (χ0n) is 12.8. The molecule has 126 valence electrons. The Morgan fingerprint density at radius 2 is 1.88 bits per heavy atom. The highest BCUT2D eigenvalue weighted by molar-refractivity contribution is 7.89. The number of amides is 1. The van der Waals surface area contributed by atoms with Gasteiger partial charge < -0.3 is 5.32 Å². The smallest absolute Gasteiger partial charge is 0.251 e. The van der Waals surface area contributed by atoms with E-state index < -0.39 is 10.0 Å². The third-order valence-electron chi connectivity index (χ3n) is 3.73. The molecular weight excluding hydrogens is 348 g/mol. The molecule has 1 aliphatic carbocycles. The minimum Gasteiger partial charge on any atom is -0.349 e. The van der Waals surface area contributed by atoms with Crippen LogP contribution in [0.3, 0.4) is 0 Å². The third-order valence-corrected chi connectivity index (χ3v) is 5.50. The zero-order valence-corrected chi connectivity index (χ0v) is 14.4. The quantitative estimate of drug-likeness (QED) is 0.827. The maximum absolute atomic E-state index is 12.4. The van der Waals surface area contributed by atoms with Crippen molar-refractivity contribution in [2.75, 3.05) is 0 Å². The number of carbonyl (C=O) groups excluding carboxylic acids is 1. The van der Waals surface area contributed by atoms with Gasteiger partial charge in [-0.25, -0.2) is 13.1 Å². The number of carbonyl (C=O) groups is 1. The van der Waals surface area contributed by atoms with E-state index in [1.54, 1.807) is 36.4 Å². The van der Waals surface area contributed by atoms with Crippen LogP contribution in [0.5, 0.6) is 0 Å². The summed E-state index contributed by atoms with van der Waals surface area (Å²) in [6.07, 6.45) is 1.95. The van der Waals surface area contributed by atoms with Crippen LogP contribution >= 0.6 is 11.6 Å². The van der Waals surface area contributed by atoms with Gasteiger partial charge in [-0.05, 0) is 42.7 Å². The fourth-order valence-corrected chi connectivity index (χ4v) is 3.45. The second kappa shape index (κ2) is 6.93. The van der Waals surface area contributed by atoms with Crippen molar-refractivity contribution in [1.82, 2.24) is 10.0 Å². The standard InChI is InChI=1S/C17H17ClN2O3S/c18-16-7-2-1-4-13(16)11-19-24(22,23)15-6-3-5-12(10-15)17(21)20-14-8-9-14/h1-7,10,14,19H,8-9,11H2,(H,20,21). The van der Waals surface area contributed by atoms with Crippen LogP contribution in [0.25, 0.3) is 0 Å². The molecule has 0 saturated heterocycles. The molecule has 7 heteroatoms. The van der Waals surface area contributed by atoms with Gasteiger partial charge in [0.15, 0.2) is 0 Å².